The molecule has 1 aromatic rings. The molecule has 0 fully saturated rings. The third kappa shape index (κ3) is 10.3. The molecule has 14 heavy (non-hydrogen) atoms. The molecule has 0 atom stereocenters. The van der Waals surface area contributed by atoms with Crippen LogP contribution in [0, 0.1) is 0 Å². The van der Waals surface area contributed by atoms with Crippen LogP contribution in [0.5, 0.6) is 0 Å². The van der Waals surface area contributed by atoms with Crippen LogP contribution >= 0.6 is 37.3 Å². The maximum atomic E-state index is 9.16. The molecule has 80 valence electrons. The lowest BCUT2D eigenvalue weighted by Crippen LogP contribution is -1.75. The largest absolute Gasteiger partial charge is 0.317 e. The summed E-state index contributed by atoms with van der Waals surface area (Å²) in [7, 11) is 4.81. The number of aryl methyl sites for hydroxylation is 1. The van der Waals surface area contributed by atoms with E-state index < -0.39 is 8.26 Å². The molecule has 0 aromatic heterocycles. The van der Waals surface area contributed by atoms with Gasteiger partial charge in [-0.3, -0.25) is 0 Å². The molecule has 0 bridgehead atoms. The van der Waals surface area contributed by atoms with Gasteiger partial charge in [0.1, 0.15) is 0 Å². The Kier molecular flexibility index (Phi) is 6.78. The summed E-state index contributed by atoms with van der Waals surface area (Å²) in [5.74, 6) is 0. The van der Waals surface area contributed by atoms with Gasteiger partial charge < -0.3 is 0 Å². The van der Waals surface area contributed by atoms with Crippen LogP contribution < -0.4 is 0 Å². The lowest BCUT2D eigenvalue weighted by atomic mass is 10.2. The van der Waals surface area contributed by atoms with Crippen molar-refractivity contribution in [3.05, 3.63) is 34.3 Å². The molecule has 2 nitrogen and oxygen atoms in total. The van der Waals surface area contributed by atoms with Gasteiger partial charge in [0.25, 0.3) is 0 Å². The monoisotopic (exact) mass is 318 g/mol. The number of hydrogen-bond donors (Lipinski definition) is 0. The molecule has 0 amide bonds. The van der Waals surface area contributed by atoms with Gasteiger partial charge in [0.05, 0.1) is 0 Å². The molecule has 0 aliphatic heterocycles. The Bertz CT molecular complexity index is 353. The Morgan fingerprint density at radius 2 is 1.57 bits per heavy atom. The first-order chi connectivity index (χ1) is 6.33. The van der Waals surface area contributed by atoms with E-state index in [-0.39, 0.29) is 0 Å². The quantitative estimate of drug-likeness (QED) is 0.739. The van der Waals surface area contributed by atoms with Crippen molar-refractivity contribution in [2.24, 2.45) is 0 Å². The fourth-order valence-electron chi connectivity index (χ4n) is 0.720. The molecule has 0 aliphatic rings. The first-order valence-corrected chi connectivity index (χ1v) is 7.64. The van der Waals surface area contributed by atoms with E-state index in [1.54, 1.807) is 0 Å². The smallest absolute Gasteiger partial charge is 0.195 e. The van der Waals surface area contributed by atoms with E-state index in [4.69, 9.17) is 8.42 Å². The average molecular weight is 320 g/mol. The van der Waals surface area contributed by atoms with Crippen molar-refractivity contribution in [3.8, 4) is 0 Å². The molecular weight excluding hydrogens is 311 g/mol. The zero-order valence-corrected chi connectivity index (χ0v) is 11.3. The highest BCUT2D eigenvalue weighted by Crippen LogP contribution is 2.10. The van der Waals surface area contributed by atoms with Gasteiger partial charge in [-0.1, -0.05) is 35.0 Å². The van der Waals surface area contributed by atoms with E-state index in [2.05, 4.69) is 68.5 Å². The second-order valence-electron chi connectivity index (χ2n) is 2.36. The van der Waals surface area contributed by atoms with E-state index in [1.807, 2.05) is 0 Å². The van der Waals surface area contributed by atoms with Crippen LogP contribution in [0.3, 0.4) is 0 Å². The fourth-order valence-corrected chi connectivity index (χ4v) is 0.984. The van der Waals surface area contributed by atoms with E-state index in [0.29, 0.717) is 0 Å². The van der Waals surface area contributed by atoms with Gasteiger partial charge in [-0.2, -0.15) is 8.42 Å². The van der Waals surface area contributed by atoms with Crippen LogP contribution in [0.15, 0.2) is 28.7 Å². The molecule has 0 radical (unpaired) electrons. The predicted molar refractivity (Wildman–Crippen MR) is 64.1 cm³/mol. The minimum absolute atomic E-state index is 1.12. The fraction of sp³-hybridized carbons (Fsp3) is 0.250. The van der Waals surface area contributed by atoms with Crippen LogP contribution in [0.2, 0.25) is 0 Å². The minimum atomic E-state index is -3.72. The van der Waals surface area contributed by atoms with Gasteiger partial charge in [-0.15, -0.1) is 0 Å². The molecular formula is C8H9BrCl2O2S. The molecule has 6 heteroatoms. The van der Waals surface area contributed by atoms with Crippen molar-refractivity contribution in [1.82, 2.24) is 0 Å². The molecule has 0 saturated carbocycles. The topological polar surface area (TPSA) is 34.1 Å². The summed E-state index contributed by atoms with van der Waals surface area (Å²) in [6.07, 6.45) is 1.12. The van der Waals surface area contributed by atoms with Crippen LogP contribution in [-0.2, 0) is 14.7 Å². The van der Waals surface area contributed by atoms with Crippen molar-refractivity contribution < 1.29 is 8.42 Å². The summed E-state index contributed by atoms with van der Waals surface area (Å²) in [4.78, 5) is 0. The van der Waals surface area contributed by atoms with Crippen LogP contribution in [0.1, 0.15) is 12.5 Å². The molecule has 1 aromatic carbocycles. The van der Waals surface area contributed by atoms with Crippen LogP contribution in [0.4, 0.5) is 0 Å². The van der Waals surface area contributed by atoms with E-state index in [0.717, 1.165) is 10.9 Å². The Morgan fingerprint density at radius 3 is 1.86 bits per heavy atom. The minimum Gasteiger partial charge on any atom is -0.195 e. The maximum Gasteiger partial charge on any atom is 0.317 e. The summed E-state index contributed by atoms with van der Waals surface area (Å²) in [5, 5.41) is 0. The van der Waals surface area contributed by atoms with Gasteiger partial charge in [0.15, 0.2) is 0 Å². The third-order valence-corrected chi connectivity index (χ3v) is 1.85. The third-order valence-electron chi connectivity index (χ3n) is 1.32. The van der Waals surface area contributed by atoms with Crippen LogP contribution in [-0.4, -0.2) is 8.42 Å². The molecule has 0 saturated heterocycles. The average Bonchev–Trinajstić information content (AvgIpc) is 2.03. The summed E-state index contributed by atoms with van der Waals surface area (Å²) in [6.45, 7) is 2.16. The molecule has 0 unspecified atom stereocenters. The second-order valence-corrected chi connectivity index (χ2v) is 6.94. The zero-order chi connectivity index (χ0) is 11.2. The summed E-state index contributed by atoms with van der Waals surface area (Å²) < 4.78 is 19.5. The van der Waals surface area contributed by atoms with Crippen molar-refractivity contribution in [1.29, 1.82) is 0 Å². The van der Waals surface area contributed by atoms with Crippen LogP contribution in [0.25, 0.3) is 0 Å². The highest BCUT2D eigenvalue weighted by atomic mass is 79.9. The Labute approximate surface area is 101 Å². The number of benzene rings is 1. The van der Waals surface area contributed by atoms with Crippen molar-refractivity contribution in [2.75, 3.05) is 0 Å². The Hall–Kier alpha value is 0.230. The van der Waals surface area contributed by atoms with Gasteiger partial charge >= 0.3 is 8.26 Å². The Morgan fingerprint density at radius 1 is 1.21 bits per heavy atom. The highest BCUT2D eigenvalue weighted by Gasteiger charge is 1.88. The highest BCUT2D eigenvalue weighted by molar-refractivity contribution is 9.10. The Balaban J connectivity index is 0.000000292. The first kappa shape index (κ1) is 14.2. The molecule has 0 aliphatic carbocycles. The lowest BCUT2D eigenvalue weighted by molar-refractivity contribution is 0.621. The van der Waals surface area contributed by atoms with Gasteiger partial charge in [-0.25, -0.2) is 0 Å². The number of halogens is 3. The normalized spacial score (nSPS) is 10.3. The molecule has 1 rings (SSSR count). The SMILES string of the molecule is CCc1ccc(Br)cc1.O=S(=O)(Cl)Cl. The molecule has 0 spiro atoms. The first-order valence-electron chi connectivity index (χ1n) is 3.71. The molecule has 0 heterocycles. The summed E-state index contributed by atoms with van der Waals surface area (Å²) in [5.41, 5.74) is 1.39. The van der Waals surface area contributed by atoms with Gasteiger partial charge in [0.2, 0.25) is 0 Å². The van der Waals surface area contributed by atoms with E-state index >= 15 is 0 Å². The van der Waals surface area contributed by atoms with Crippen molar-refractivity contribution in [3.63, 3.8) is 0 Å². The second kappa shape index (κ2) is 6.67. The number of rotatable bonds is 1. The summed E-state index contributed by atoms with van der Waals surface area (Å²) >= 11 is 3.37. The molecule has 0 N–H and O–H groups in total. The van der Waals surface area contributed by atoms with Crippen molar-refractivity contribution in [2.45, 2.75) is 13.3 Å². The predicted octanol–water partition coefficient (Wildman–Crippen LogP) is 3.72. The van der Waals surface area contributed by atoms with Gasteiger partial charge in [0, 0.05) is 25.8 Å². The maximum absolute atomic E-state index is 9.16. The zero-order valence-electron chi connectivity index (χ0n) is 7.38. The number of hydrogen-bond acceptors (Lipinski definition) is 2. The van der Waals surface area contributed by atoms with E-state index in [1.165, 1.54) is 5.56 Å². The lowest BCUT2D eigenvalue weighted by Gasteiger charge is -1.93. The summed E-state index contributed by atoms with van der Waals surface area (Å²) in [6, 6.07) is 8.39. The van der Waals surface area contributed by atoms with Gasteiger partial charge in [-0.05, 0) is 24.1 Å². The van der Waals surface area contributed by atoms with Crippen molar-refractivity contribution >= 4 is 45.6 Å². The van der Waals surface area contributed by atoms with E-state index in [9.17, 15) is 0 Å². The standard InChI is InChI=1S/C8H9Br.Cl2O2S/c1-2-7-3-5-8(9)6-4-7;1-5(2,3)4/h3-6H,2H2,1H3;.